The molecule has 0 aliphatic heterocycles. The zero-order valence-corrected chi connectivity index (χ0v) is 9.48. The summed E-state index contributed by atoms with van der Waals surface area (Å²) in [5.74, 6) is 0. The number of hydrogen-bond donors (Lipinski definition) is 0. The van der Waals surface area contributed by atoms with Gasteiger partial charge in [-0.3, -0.25) is 0 Å². The molecule has 1 nitrogen and oxygen atoms in total. The van der Waals surface area contributed by atoms with Gasteiger partial charge in [0.25, 0.3) is 0 Å². The lowest BCUT2D eigenvalue weighted by Crippen LogP contribution is -2.42. The smallest absolute Gasteiger partial charge is 0.0175 e. The van der Waals surface area contributed by atoms with E-state index in [0.29, 0.717) is 5.54 Å². The van der Waals surface area contributed by atoms with Gasteiger partial charge in [-0.15, -0.1) is 0 Å². The maximum atomic E-state index is 2.38. The lowest BCUT2D eigenvalue weighted by atomic mass is 9.82. The maximum absolute atomic E-state index is 2.38. The number of hydrogen-bond acceptors (Lipinski definition) is 1. The molecule has 0 N–H and O–H groups in total. The van der Waals surface area contributed by atoms with E-state index in [4.69, 9.17) is 0 Å². The van der Waals surface area contributed by atoms with E-state index in [9.17, 15) is 0 Å². The quantitative estimate of drug-likeness (QED) is 0.585. The Hall–Kier alpha value is -0.0400. The molecular weight excluding hydrogens is 146 g/mol. The van der Waals surface area contributed by atoms with Crippen LogP contribution < -0.4 is 0 Å². The predicted octanol–water partition coefficient (Wildman–Crippen LogP) is 3.30. The fourth-order valence-corrected chi connectivity index (χ4v) is 1.76. The fourth-order valence-electron chi connectivity index (χ4n) is 1.76. The van der Waals surface area contributed by atoms with Crippen LogP contribution >= 0.6 is 0 Å². The number of nitrogens with zero attached hydrogens (tertiary/aromatic N) is 1. The third-order valence-electron chi connectivity index (χ3n) is 3.01. The first-order chi connectivity index (χ1) is 5.65. The summed E-state index contributed by atoms with van der Waals surface area (Å²) in [7, 11) is 4.40. The van der Waals surface area contributed by atoms with Crippen LogP contribution in [0.25, 0.3) is 0 Å². The monoisotopic (exact) mass is 171 g/mol. The van der Waals surface area contributed by atoms with Crippen molar-refractivity contribution in [3.63, 3.8) is 0 Å². The highest BCUT2D eigenvalue weighted by Crippen LogP contribution is 2.31. The van der Waals surface area contributed by atoms with Crippen LogP contribution in [0, 0.1) is 0 Å². The van der Waals surface area contributed by atoms with E-state index in [0.717, 1.165) is 0 Å². The zero-order chi connectivity index (χ0) is 9.61. The van der Waals surface area contributed by atoms with Crippen molar-refractivity contribution in [1.29, 1.82) is 0 Å². The van der Waals surface area contributed by atoms with Gasteiger partial charge >= 0.3 is 0 Å². The molecule has 1 heteroatoms. The molecule has 1 saturated carbocycles. The zero-order valence-electron chi connectivity index (χ0n) is 9.48. The first-order valence-corrected chi connectivity index (χ1v) is 5.33. The predicted molar refractivity (Wildman–Crippen MR) is 56.5 cm³/mol. The molecular formula is C11H25N. The Morgan fingerprint density at radius 3 is 1.58 bits per heavy atom. The summed E-state index contributed by atoms with van der Waals surface area (Å²) >= 11 is 0. The van der Waals surface area contributed by atoms with Gasteiger partial charge in [0.05, 0.1) is 0 Å². The van der Waals surface area contributed by atoms with Crippen LogP contribution in [0.1, 0.15) is 52.9 Å². The second-order valence-electron chi connectivity index (χ2n) is 3.95. The first kappa shape index (κ1) is 12.0. The Labute approximate surface area is 78.1 Å². The summed E-state index contributed by atoms with van der Waals surface area (Å²) in [4.78, 5) is 2.38. The molecule has 0 bridgehead atoms. The Balaban J connectivity index is 0.000000561. The van der Waals surface area contributed by atoms with Gasteiger partial charge in [0.2, 0.25) is 0 Å². The molecule has 0 saturated heterocycles. The van der Waals surface area contributed by atoms with Gasteiger partial charge in [0.15, 0.2) is 0 Å². The Morgan fingerprint density at radius 2 is 1.33 bits per heavy atom. The average molecular weight is 171 g/mol. The van der Waals surface area contributed by atoms with Crippen molar-refractivity contribution < 1.29 is 0 Å². The molecule has 1 fully saturated rings. The van der Waals surface area contributed by atoms with Crippen molar-refractivity contribution in [2.75, 3.05) is 14.1 Å². The van der Waals surface area contributed by atoms with Gasteiger partial charge in [-0.2, -0.15) is 0 Å². The van der Waals surface area contributed by atoms with Crippen molar-refractivity contribution >= 4 is 0 Å². The molecule has 0 unspecified atom stereocenters. The summed E-state index contributed by atoms with van der Waals surface area (Å²) in [6, 6.07) is 0. The fraction of sp³-hybridized carbons (Fsp3) is 1.00. The minimum Gasteiger partial charge on any atom is -0.304 e. The molecule has 0 atom stereocenters. The highest BCUT2D eigenvalue weighted by molar-refractivity contribution is 4.85. The standard InChI is InChI=1S/C9H19N.C2H6/c1-9(10(2)3)7-5-4-6-8-9;1-2/h4-8H2,1-3H3;1-2H3. The van der Waals surface area contributed by atoms with E-state index in [-0.39, 0.29) is 0 Å². The lowest BCUT2D eigenvalue weighted by Gasteiger charge is -2.39. The first-order valence-electron chi connectivity index (χ1n) is 5.33. The summed E-state index contributed by atoms with van der Waals surface area (Å²) in [5.41, 5.74) is 0.512. The molecule has 1 aliphatic rings. The molecule has 0 aromatic rings. The van der Waals surface area contributed by atoms with Gasteiger partial charge in [-0.1, -0.05) is 33.1 Å². The highest BCUT2D eigenvalue weighted by atomic mass is 15.1. The minimum atomic E-state index is 0.512. The van der Waals surface area contributed by atoms with E-state index >= 15 is 0 Å². The van der Waals surface area contributed by atoms with Gasteiger partial charge in [-0.25, -0.2) is 0 Å². The molecule has 74 valence electrons. The summed E-state index contributed by atoms with van der Waals surface area (Å²) < 4.78 is 0. The molecule has 0 heterocycles. The van der Waals surface area contributed by atoms with Crippen molar-refractivity contribution in [3.8, 4) is 0 Å². The average Bonchev–Trinajstić information content (AvgIpc) is 2.09. The third-order valence-corrected chi connectivity index (χ3v) is 3.01. The molecule has 0 aromatic carbocycles. The molecule has 1 rings (SSSR count). The summed E-state index contributed by atoms with van der Waals surface area (Å²) in [6.45, 7) is 6.38. The second-order valence-corrected chi connectivity index (χ2v) is 3.95. The lowest BCUT2D eigenvalue weighted by molar-refractivity contribution is 0.120. The van der Waals surface area contributed by atoms with Gasteiger partial charge in [-0.05, 0) is 33.9 Å². The van der Waals surface area contributed by atoms with E-state index in [1.807, 2.05) is 13.8 Å². The highest BCUT2D eigenvalue weighted by Gasteiger charge is 2.28. The molecule has 0 radical (unpaired) electrons. The van der Waals surface area contributed by atoms with E-state index in [2.05, 4.69) is 25.9 Å². The third kappa shape index (κ3) is 3.14. The van der Waals surface area contributed by atoms with Crippen LogP contribution in [0.3, 0.4) is 0 Å². The minimum absolute atomic E-state index is 0.512. The van der Waals surface area contributed by atoms with E-state index in [1.165, 1.54) is 32.1 Å². The van der Waals surface area contributed by atoms with E-state index in [1.54, 1.807) is 0 Å². The van der Waals surface area contributed by atoms with Gasteiger partial charge in [0, 0.05) is 5.54 Å². The normalized spacial score (nSPS) is 21.5. The topological polar surface area (TPSA) is 3.24 Å². The Morgan fingerprint density at radius 1 is 0.917 bits per heavy atom. The second kappa shape index (κ2) is 5.58. The Bertz CT molecular complexity index is 102. The number of rotatable bonds is 1. The van der Waals surface area contributed by atoms with Gasteiger partial charge < -0.3 is 4.90 Å². The van der Waals surface area contributed by atoms with Crippen LogP contribution in [-0.4, -0.2) is 24.5 Å². The van der Waals surface area contributed by atoms with Gasteiger partial charge in [0.1, 0.15) is 0 Å². The Kier molecular flexibility index (Phi) is 5.56. The largest absolute Gasteiger partial charge is 0.304 e. The molecule has 12 heavy (non-hydrogen) atoms. The molecule has 1 aliphatic carbocycles. The maximum Gasteiger partial charge on any atom is 0.0175 e. The van der Waals surface area contributed by atoms with Crippen molar-refractivity contribution in [3.05, 3.63) is 0 Å². The van der Waals surface area contributed by atoms with Crippen molar-refractivity contribution in [2.24, 2.45) is 0 Å². The van der Waals surface area contributed by atoms with Crippen molar-refractivity contribution in [2.45, 2.75) is 58.4 Å². The SMILES string of the molecule is CC.CN(C)C1(C)CCCCC1. The molecule has 0 amide bonds. The van der Waals surface area contributed by atoms with E-state index < -0.39 is 0 Å². The van der Waals surface area contributed by atoms with Crippen LogP contribution in [-0.2, 0) is 0 Å². The summed E-state index contributed by atoms with van der Waals surface area (Å²) in [6.07, 6.45) is 7.08. The van der Waals surface area contributed by atoms with Crippen LogP contribution in [0.15, 0.2) is 0 Å². The molecule has 0 aromatic heterocycles. The van der Waals surface area contributed by atoms with Crippen LogP contribution in [0.5, 0.6) is 0 Å². The van der Waals surface area contributed by atoms with Crippen molar-refractivity contribution in [1.82, 2.24) is 4.90 Å². The summed E-state index contributed by atoms with van der Waals surface area (Å²) in [5, 5.41) is 0. The van der Waals surface area contributed by atoms with Crippen LogP contribution in [0.4, 0.5) is 0 Å². The van der Waals surface area contributed by atoms with Crippen LogP contribution in [0.2, 0.25) is 0 Å². The molecule has 0 spiro atoms.